The minimum Gasteiger partial charge on any atom is -0.478 e. The fraction of sp³-hybridized carbons (Fsp3) is 0.0312. The quantitative estimate of drug-likeness (QED) is 0.168. The number of nitrogens with one attached hydrogen (secondary N) is 2. The summed E-state index contributed by atoms with van der Waals surface area (Å²) in [5.74, 6) is -2.80. The van der Waals surface area contributed by atoms with Crippen LogP contribution >= 0.6 is 11.8 Å². The van der Waals surface area contributed by atoms with Crippen molar-refractivity contribution in [3.8, 4) is 0 Å². The number of carbonyl (C=O) groups excluding carboxylic acids is 4. The Morgan fingerprint density at radius 3 is 2.00 bits per heavy atom. The molecule has 0 fully saturated rings. The zero-order valence-corrected chi connectivity index (χ0v) is 22.2. The molecule has 3 N–H and O–H groups in total. The zero-order chi connectivity index (χ0) is 28.9. The van der Waals surface area contributed by atoms with Crippen LogP contribution in [0.15, 0.2) is 114 Å². The summed E-state index contributed by atoms with van der Waals surface area (Å²) < 4.78 is 0. The molecule has 0 bridgehead atoms. The Balaban J connectivity index is 1.40. The summed E-state index contributed by atoms with van der Waals surface area (Å²) in [6, 6.07) is 27.3. The number of carbonyl (C=O) groups is 5. The molecule has 4 aromatic carbocycles. The van der Waals surface area contributed by atoms with Crippen molar-refractivity contribution in [2.75, 3.05) is 10.6 Å². The van der Waals surface area contributed by atoms with Crippen molar-refractivity contribution in [3.63, 3.8) is 0 Å². The normalized spacial score (nSPS) is 12.8. The van der Waals surface area contributed by atoms with E-state index >= 15 is 0 Å². The van der Waals surface area contributed by atoms with Crippen molar-refractivity contribution < 1.29 is 29.1 Å². The molecule has 5 rings (SSSR count). The van der Waals surface area contributed by atoms with Crippen LogP contribution in [0.4, 0.5) is 11.4 Å². The number of ketones is 2. The number of amides is 2. The van der Waals surface area contributed by atoms with Gasteiger partial charge in [-0.2, -0.15) is 0 Å². The second-order valence-electron chi connectivity index (χ2n) is 9.01. The lowest BCUT2D eigenvalue weighted by Crippen LogP contribution is -2.25. The van der Waals surface area contributed by atoms with Gasteiger partial charge in [0.1, 0.15) is 5.25 Å². The van der Waals surface area contributed by atoms with Crippen LogP contribution in [-0.4, -0.2) is 34.5 Å². The molecule has 1 aliphatic carbocycles. The first-order valence-electron chi connectivity index (χ1n) is 12.5. The molecule has 8 nitrogen and oxygen atoms in total. The van der Waals surface area contributed by atoms with E-state index in [0.29, 0.717) is 16.8 Å². The summed E-state index contributed by atoms with van der Waals surface area (Å²) in [5.41, 5.74) is 2.48. The summed E-state index contributed by atoms with van der Waals surface area (Å²) in [6.07, 6.45) is 1.66. The predicted octanol–water partition coefficient (Wildman–Crippen LogP) is 5.51. The predicted molar refractivity (Wildman–Crippen MR) is 155 cm³/mol. The molecular weight excluding hydrogens is 540 g/mol. The van der Waals surface area contributed by atoms with E-state index in [-0.39, 0.29) is 34.3 Å². The van der Waals surface area contributed by atoms with Crippen molar-refractivity contribution in [2.45, 2.75) is 10.1 Å². The van der Waals surface area contributed by atoms with E-state index in [0.717, 1.165) is 22.6 Å². The van der Waals surface area contributed by atoms with Crippen LogP contribution in [0.5, 0.6) is 0 Å². The molecule has 2 amide bonds. The van der Waals surface area contributed by atoms with Crippen molar-refractivity contribution in [1.82, 2.24) is 0 Å². The number of fused-ring (bicyclic) bond motifs is 2. The van der Waals surface area contributed by atoms with Gasteiger partial charge in [0.2, 0.25) is 11.8 Å². The molecule has 1 unspecified atom stereocenters. The van der Waals surface area contributed by atoms with Gasteiger partial charge in [0, 0.05) is 39.4 Å². The van der Waals surface area contributed by atoms with E-state index in [1.165, 1.54) is 11.8 Å². The third kappa shape index (κ3) is 6.00. The van der Waals surface area contributed by atoms with Crippen LogP contribution < -0.4 is 10.6 Å². The van der Waals surface area contributed by atoms with E-state index in [1.54, 1.807) is 66.7 Å². The minimum absolute atomic E-state index is 0.165. The monoisotopic (exact) mass is 562 g/mol. The van der Waals surface area contributed by atoms with E-state index < -0.39 is 17.1 Å². The Morgan fingerprint density at radius 1 is 0.683 bits per heavy atom. The second kappa shape index (κ2) is 11.8. The third-order valence-corrected chi connectivity index (χ3v) is 7.57. The molecule has 1 aliphatic rings. The summed E-state index contributed by atoms with van der Waals surface area (Å²) >= 11 is 1.27. The van der Waals surface area contributed by atoms with Gasteiger partial charge in [-0.25, -0.2) is 4.79 Å². The van der Waals surface area contributed by atoms with E-state index in [9.17, 15) is 24.0 Å². The maximum absolute atomic E-state index is 13.7. The summed E-state index contributed by atoms with van der Waals surface area (Å²) in [6.45, 7) is 0. The number of benzene rings is 4. The van der Waals surface area contributed by atoms with Gasteiger partial charge in [-0.15, -0.1) is 11.8 Å². The highest BCUT2D eigenvalue weighted by Crippen LogP contribution is 2.38. The maximum Gasteiger partial charge on any atom is 0.328 e. The van der Waals surface area contributed by atoms with Gasteiger partial charge in [0.15, 0.2) is 11.6 Å². The van der Waals surface area contributed by atoms with Gasteiger partial charge in [0.25, 0.3) is 0 Å². The number of hydrogen-bond acceptors (Lipinski definition) is 6. The number of carboxylic acid groups (broad SMARTS) is 1. The molecular formula is C32H22N2O6S. The Bertz CT molecular complexity index is 1710. The molecule has 0 saturated carbocycles. The van der Waals surface area contributed by atoms with Crippen molar-refractivity contribution >= 4 is 52.5 Å². The first-order chi connectivity index (χ1) is 19.8. The van der Waals surface area contributed by atoms with Crippen LogP contribution in [0.3, 0.4) is 0 Å². The Hall–Kier alpha value is -5.28. The Labute approximate surface area is 239 Å². The number of hydrogen-bond donors (Lipinski definition) is 3. The summed E-state index contributed by atoms with van der Waals surface area (Å²) in [4.78, 5) is 63.5. The lowest BCUT2D eigenvalue weighted by atomic mass is 9.83. The summed E-state index contributed by atoms with van der Waals surface area (Å²) in [5, 5.41) is 13.4. The molecule has 202 valence electrons. The van der Waals surface area contributed by atoms with E-state index in [1.807, 2.05) is 30.3 Å². The SMILES string of the molecule is O=C(O)/C=C/C(=O)Nc1ccc(SC(C(=O)Nc2cccc3c2C(=O)c2ccccc2C3=O)c2ccccc2)cc1. The van der Waals surface area contributed by atoms with Crippen LogP contribution in [0.2, 0.25) is 0 Å². The highest BCUT2D eigenvalue weighted by atomic mass is 32.2. The smallest absolute Gasteiger partial charge is 0.328 e. The van der Waals surface area contributed by atoms with Crippen molar-refractivity contribution in [2.24, 2.45) is 0 Å². The maximum atomic E-state index is 13.7. The second-order valence-corrected chi connectivity index (χ2v) is 10.2. The number of rotatable bonds is 8. The topological polar surface area (TPSA) is 130 Å². The summed E-state index contributed by atoms with van der Waals surface area (Å²) in [7, 11) is 0. The van der Waals surface area contributed by atoms with E-state index in [2.05, 4.69) is 10.6 Å². The molecule has 1 atom stereocenters. The van der Waals surface area contributed by atoms with Gasteiger partial charge < -0.3 is 15.7 Å². The molecule has 4 aromatic rings. The van der Waals surface area contributed by atoms with Gasteiger partial charge in [-0.3, -0.25) is 19.2 Å². The van der Waals surface area contributed by atoms with Gasteiger partial charge >= 0.3 is 5.97 Å². The van der Waals surface area contributed by atoms with Crippen LogP contribution in [0.25, 0.3) is 0 Å². The fourth-order valence-electron chi connectivity index (χ4n) is 4.43. The lowest BCUT2D eigenvalue weighted by molar-refractivity contribution is -0.131. The minimum atomic E-state index is -1.23. The van der Waals surface area contributed by atoms with Crippen LogP contribution in [0, 0.1) is 0 Å². The Morgan fingerprint density at radius 2 is 1.32 bits per heavy atom. The largest absolute Gasteiger partial charge is 0.478 e. The van der Waals surface area contributed by atoms with Crippen LogP contribution in [0.1, 0.15) is 42.7 Å². The highest BCUT2D eigenvalue weighted by molar-refractivity contribution is 8.00. The fourth-order valence-corrected chi connectivity index (χ4v) is 5.46. The molecule has 0 saturated heterocycles. The molecule has 0 heterocycles. The standard InChI is InChI=1S/C32H22N2O6S/c35-26(17-18-27(36)37)33-20-13-15-21(16-14-20)41-31(19-7-2-1-3-8-19)32(40)34-25-12-6-11-24-28(25)30(39)23-10-5-4-9-22(23)29(24)38/h1-18,31H,(H,33,35)(H,34,40)(H,36,37)/b18-17+. The first-order valence-corrected chi connectivity index (χ1v) is 13.4. The number of anilines is 2. The zero-order valence-electron chi connectivity index (χ0n) is 21.4. The molecule has 0 aromatic heterocycles. The van der Waals surface area contributed by atoms with Crippen molar-refractivity contribution in [1.29, 1.82) is 0 Å². The molecule has 9 heteroatoms. The van der Waals surface area contributed by atoms with Gasteiger partial charge in [-0.05, 0) is 35.9 Å². The average molecular weight is 563 g/mol. The van der Waals surface area contributed by atoms with Crippen molar-refractivity contribution in [3.05, 3.63) is 137 Å². The molecule has 0 radical (unpaired) electrons. The lowest BCUT2D eigenvalue weighted by Gasteiger charge is -2.22. The van der Waals surface area contributed by atoms with Gasteiger partial charge in [-0.1, -0.05) is 66.7 Å². The van der Waals surface area contributed by atoms with E-state index in [4.69, 9.17) is 5.11 Å². The highest BCUT2D eigenvalue weighted by Gasteiger charge is 2.32. The molecule has 0 aliphatic heterocycles. The molecule has 41 heavy (non-hydrogen) atoms. The van der Waals surface area contributed by atoms with Crippen LogP contribution in [-0.2, 0) is 14.4 Å². The first kappa shape index (κ1) is 27.3. The number of carboxylic acids is 1. The molecule has 0 spiro atoms. The average Bonchev–Trinajstić information content (AvgIpc) is 2.98. The number of thioether (sulfide) groups is 1. The Kier molecular flexibility index (Phi) is 7.89. The third-order valence-electron chi connectivity index (χ3n) is 6.30. The number of aliphatic carboxylic acids is 1. The van der Waals surface area contributed by atoms with Gasteiger partial charge in [0.05, 0.1) is 11.3 Å².